The number of nitrogens with two attached hydrogens (primary N) is 1. The summed E-state index contributed by atoms with van der Waals surface area (Å²) in [5.41, 5.74) is 4.83. The molecule has 4 nitrogen and oxygen atoms in total. The van der Waals surface area contributed by atoms with Gasteiger partial charge in [-0.15, -0.1) is 0 Å². The second-order valence-electron chi connectivity index (χ2n) is 3.14. The van der Waals surface area contributed by atoms with E-state index in [1.54, 1.807) is 0 Å². The number of benzene rings is 1. The molecule has 0 unspecified atom stereocenters. The Kier molecular flexibility index (Phi) is 2.47. The highest BCUT2D eigenvalue weighted by Gasteiger charge is 2.06. The Morgan fingerprint density at radius 2 is 2.21 bits per heavy atom. The Morgan fingerprint density at radius 3 is 2.93 bits per heavy atom. The molecule has 2 rings (SSSR count). The van der Waals surface area contributed by atoms with E-state index in [0.29, 0.717) is 6.54 Å². The first-order chi connectivity index (χ1) is 6.86. The molecule has 0 aliphatic rings. The van der Waals surface area contributed by atoms with E-state index in [0.717, 1.165) is 17.9 Å². The minimum Gasteiger partial charge on any atom is -0.327 e. The van der Waals surface area contributed by atoms with Crippen LogP contribution in [0.15, 0.2) is 24.3 Å². The maximum absolute atomic E-state index is 5.30. The SMILES string of the molecule is CCn1c(CNN)nc2ccccc21. The van der Waals surface area contributed by atoms with E-state index in [9.17, 15) is 0 Å². The summed E-state index contributed by atoms with van der Waals surface area (Å²) in [5.74, 6) is 6.29. The molecule has 74 valence electrons. The van der Waals surface area contributed by atoms with E-state index in [4.69, 9.17) is 5.84 Å². The number of nitrogens with zero attached hydrogens (tertiary/aromatic N) is 2. The van der Waals surface area contributed by atoms with Crippen molar-refractivity contribution in [3.8, 4) is 0 Å². The monoisotopic (exact) mass is 190 g/mol. The van der Waals surface area contributed by atoms with Crippen LogP contribution in [-0.2, 0) is 13.1 Å². The van der Waals surface area contributed by atoms with Crippen molar-refractivity contribution in [2.75, 3.05) is 0 Å². The van der Waals surface area contributed by atoms with Gasteiger partial charge in [0.1, 0.15) is 5.82 Å². The predicted octanol–water partition coefficient (Wildman–Crippen LogP) is 1.02. The second kappa shape index (κ2) is 3.77. The van der Waals surface area contributed by atoms with Crippen LogP contribution in [0.3, 0.4) is 0 Å². The van der Waals surface area contributed by atoms with E-state index >= 15 is 0 Å². The summed E-state index contributed by atoms with van der Waals surface area (Å²) in [7, 11) is 0. The van der Waals surface area contributed by atoms with E-state index in [1.807, 2.05) is 18.2 Å². The Morgan fingerprint density at radius 1 is 1.43 bits per heavy atom. The van der Waals surface area contributed by atoms with Gasteiger partial charge >= 0.3 is 0 Å². The fraction of sp³-hybridized carbons (Fsp3) is 0.300. The fourth-order valence-electron chi connectivity index (χ4n) is 1.70. The zero-order chi connectivity index (χ0) is 9.97. The summed E-state index contributed by atoms with van der Waals surface area (Å²) in [6.07, 6.45) is 0. The summed E-state index contributed by atoms with van der Waals surface area (Å²) in [6, 6.07) is 8.11. The summed E-state index contributed by atoms with van der Waals surface area (Å²) in [4.78, 5) is 4.49. The molecule has 0 saturated heterocycles. The smallest absolute Gasteiger partial charge is 0.125 e. The first kappa shape index (κ1) is 9.18. The van der Waals surface area contributed by atoms with Gasteiger partial charge in [0.15, 0.2) is 0 Å². The molecule has 0 aliphatic carbocycles. The quantitative estimate of drug-likeness (QED) is 0.561. The molecule has 0 aliphatic heterocycles. The molecule has 14 heavy (non-hydrogen) atoms. The van der Waals surface area contributed by atoms with Gasteiger partial charge in [0, 0.05) is 6.54 Å². The van der Waals surface area contributed by atoms with Gasteiger partial charge < -0.3 is 4.57 Å². The van der Waals surface area contributed by atoms with Gasteiger partial charge in [-0.25, -0.2) is 4.98 Å². The number of imidazole rings is 1. The average molecular weight is 190 g/mol. The molecule has 0 fully saturated rings. The average Bonchev–Trinajstić information content (AvgIpc) is 2.55. The number of hydrogen-bond donors (Lipinski definition) is 2. The molecule has 0 bridgehead atoms. The van der Waals surface area contributed by atoms with Crippen molar-refractivity contribution in [3.05, 3.63) is 30.1 Å². The lowest BCUT2D eigenvalue weighted by atomic mass is 10.3. The molecule has 3 N–H and O–H groups in total. The van der Waals surface area contributed by atoms with Crippen LogP contribution in [-0.4, -0.2) is 9.55 Å². The molecule has 1 aromatic carbocycles. The molecule has 0 spiro atoms. The van der Waals surface area contributed by atoms with E-state index < -0.39 is 0 Å². The van der Waals surface area contributed by atoms with Crippen molar-refractivity contribution in [2.24, 2.45) is 5.84 Å². The van der Waals surface area contributed by atoms with Gasteiger partial charge in [-0.1, -0.05) is 12.1 Å². The molecule has 0 saturated carbocycles. The van der Waals surface area contributed by atoms with Crippen molar-refractivity contribution < 1.29 is 0 Å². The number of para-hydroxylation sites is 2. The maximum Gasteiger partial charge on any atom is 0.125 e. The molecule has 0 amide bonds. The van der Waals surface area contributed by atoms with Crippen molar-refractivity contribution >= 4 is 11.0 Å². The van der Waals surface area contributed by atoms with Gasteiger partial charge in [-0.3, -0.25) is 11.3 Å². The van der Waals surface area contributed by atoms with E-state index in [-0.39, 0.29) is 0 Å². The largest absolute Gasteiger partial charge is 0.327 e. The normalized spacial score (nSPS) is 11.0. The summed E-state index contributed by atoms with van der Waals surface area (Å²) >= 11 is 0. The van der Waals surface area contributed by atoms with Gasteiger partial charge in [0.25, 0.3) is 0 Å². The van der Waals surface area contributed by atoms with Gasteiger partial charge in [-0.05, 0) is 19.1 Å². The lowest BCUT2D eigenvalue weighted by Gasteiger charge is -2.04. The first-order valence-corrected chi connectivity index (χ1v) is 4.74. The Balaban J connectivity index is 2.60. The third-order valence-electron chi connectivity index (χ3n) is 2.31. The molecular formula is C10H14N4. The van der Waals surface area contributed by atoms with Crippen molar-refractivity contribution in [3.63, 3.8) is 0 Å². The van der Waals surface area contributed by atoms with E-state index in [1.165, 1.54) is 5.52 Å². The fourth-order valence-corrected chi connectivity index (χ4v) is 1.70. The Bertz CT molecular complexity index is 433. The number of fused-ring (bicyclic) bond motifs is 1. The van der Waals surface area contributed by atoms with Crippen molar-refractivity contribution in [2.45, 2.75) is 20.0 Å². The molecule has 1 aromatic heterocycles. The van der Waals surface area contributed by atoms with Gasteiger partial charge in [0.2, 0.25) is 0 Å². The van der Waals surface area contributed by atoms with Crippen LogP contribution in [0.1, 0.15) is 12.7 Å². The van der Waals surface area contributed by atoms with Crippen LogP contribution in [0.5, 0.6) is 0 Å². The topological polar surface area (TPSA) is 55.9 Å². The highest BCUT2D eigenvalue weighted by Crippen LogP contribution is 2.15. The summed E-state index contributed by atoms with van der Waals surface area (Å²) in [6.45, 7) is 3.62. The van der Waals surface area contributed by atoms with Gasteiger partial charge in [-0.2, -0.15) is 0 Å². The minimum atomic E-state index is 0.600. The summed E-state index contributed by atoms with van der Waals surface area (Å²) < 4.78 is 2.16. The number of hydrogen-bond acceptors (Lipinski definition) is 3. The lowest BCUT2D eigenvalue weighted by Crippen LogP contribution is -2.23. The Hall–Kier alpha value is -1.39. The number of nitrogens with one attached hydrogen (secondary N) is 1. The maximum atomic E-state index is 5.30. The Labute approximate surface area is 82.7 Å². The third-order valence-corrected chi connectivity index (χ3v) is 2.31. The minimum absolute atomic E-state index is 0.600. The zero-order valence-electron chi connectivity index (χ0n) is 8.20. The highest BCUT2D eigenvalue weighted by molar-refractivity contribution is 5.75. The predicted molar refractivity (Wildman–Crippen MR) is 56.4 cm³/mol. The van der Waals surface area contributed by atoms with E-state index in [2.05, 4.69) is 28.0 Å². The number of aryl methyl sites for hydroxylation is 1. The number of rotatable bonds is 3. The van der Waals surface area contributed by atoms with Crippen LogP contribution in [0.4, 0.5) is 0 Å². The molecule has 1 heterocycles. The molecule has 0 radical (unpaired) electrons. The zero-order valence-corrected chi connectivity index (χ0v) is 8.20. The standard InChI is InChI=1S/C10H14N4/c1-2-14-9-6-4-3-5-8(9)13-10(14)7-12-11/h3-6,12H,2,7,11H2,1H3. The molecular weight excluding hydrogens is 176 g/mol. The van der Waals surface area contributed by atoms with Gasteiger partial charge in [0.05, 0.1) is 17.6 Å². The van der Waals surface area contributed by atoms with Crippen molar-refractivity contribution in [1.29, 1.82) is 0 Å². The lowest BCUT2D eigenvalue weighted by molar-refractivity contribution is 0.642. The highest BCUT2D eigenvalue weighted by atomic mass is 15.2. The van der Waals surface area contributed by atoms with Crippen molar-refractivity contribution in [1.82, 2.24) is 15.0 Å². The van der Waals surface area contributed by atoms with Crippen LogP contribution in [0.25, 0.3) is 11.0 Å². The first-order valence-electron chi connectivity index (χ1n) is 4.74. The summed E-state index contributed by atoms with van der Waals surface area (Å²) in [5, 5.41) is 0. The number of hydrazine groups is 1. The van der Waals surface area contributed by atoms with Crippen LogP contribution >= 0.6 is 0 Å². The van der Waals surface area contributed by atoms with Crippen LogP contribution in [0, 0.1) is 0 Å². The molecule has 0 atom stereocenters. The second-order valence-corrected chi connectivity index (χ2v) is 3.14. The van der Waals surface area contributed by atoms with Crippen LogP contribution < -0.4 is 11.3 Å². The number of aromatic nitrogens is 2. The van der Waals surface area contributed by atoms with Crippen LogP contribution in [0.2, 0.25) is 0 Å². The third kappa shape index (κ3) is 1.38. The molecule has 2 aromatic rings. The molecule has 4 heteroatoms.